The summed E-state index contributed by atoms with van der Waals surface area (Å²) in [6.07, 6.45) is 1.63. The number of hydrogen-bond acceptors (Lipinski definition) is 6. The summed E-state index contributed by atoms with van der Waals surface area (Å²) in [5.41, 5.74) is 1.06. The van der Waals surface area contributed by atoms with Crippen LogP contribution >= 0.6 is 11.8 Å². The molecule has 1 aromatic rings. The summed E-state index contributed by atoms with van der Waals surface area (Å²) in [7, 11) is 0. The van der Waals surface area contributed by atoms with Crippen molar-refractivity contribution in [1.82, 2.24) is 5.32 Å². The van der Waals surface area contributed by atoms with E-state index in [0.717, 1.165) is 17.3 Å². The number of benzene rings is 1. The van der Waals surface area contributed by atoms with Crippen LogP contribution in [0.15, 0.2) is 41.0 Å². The first-order valence-corrected chi connectivity index (χ1v) is 7.89. The third kappa shape index (κ3) is 4.53. The van der Waals surface area contributed by atoms with Gasteiger partial charge < -0.3 is 4.74 Å². The lowest BCUT2D eigenvalue weighted by atomic mass is 10.2. The Morgan fingerprint density at radius 3 is 2.65 bits per heavy atom. The molecule has 0 spiro atoms. The van der Waals surface area contributed by atoms with Crippen molar-refractivity contribution < 1.29 is 19.1 Å². The summed E-state index contributed by atoms with van der Waals surface area (Å²) in [5, 5.41) is 1.73. The molecule has 0 aromatic heterocycles. The molecule has 1 aliphatic rings. The number of amides is 1. The molecule has 23 heavy (non-hydrogen) atoms. The van der Waals surface area contributed by atoms with Crippen LogP contribution in [0.3, 0.4) is 0 Å². The lowest BCUT2D eigenvalue weighted by molar-refractivity contribution is -0.144. The Balaban J connectivity index is 2.16. The van der Waals surface area contributed by atoms with E-state index in [2.05, 4.69) is 10.3 Å². The zero-order valence-electron chi connectivity index (χ0n) is 12.7. The van der Waals surface area contributed by atoms with Gasteiger partial charge in [-0.15, -0.1) is 0 Å². The van der Waals surface area contributed by atoms with Crippen molar-refractivity contribution in [3.05, 3.63) is 41.6 Å². The molecule has 6 nitrogen and oxygen atoms in total. The lowest BCUT2D eigenvalue weighted by Gasteiger charge is -2.11. The minimum Gasteiger partial charge on any atom is -0.465 e. The summed E-state index contributed by atoms with van der Waals surface area (Å²) in [6, 6.07) is 9.27. The van der Waals surface area contributed by atoms with Crippen molar-refractivity contribution in [3.8, 4) is 0 Å². The first kappa shape index (κ1) is 17.0. The molecule has 1 aliphatic heterocycles. The van der Waals surface area contributed by atoms with Crippen molar-refractivity contribution >= 4 is 40.7 Å². The molecular weight excluding hydrogens is 316 g/mol. The number of ether oxygens (including phenoxy) is 1. The maximum Gasteiger partial charge on any atom is 0.327 e. The molecule has 0 radical (unpaired) electrons. The van der Waals surface area contributed by atoms with Crippen LogP contribution in [0.5, 0.6) is 0 Å². The predicted octanol–water partition coefficient (Wildman–Crippen LogP) is 1.77. The maximum atomic E-state index is 11.9. The molecule has 1 heterocycles. The Kier molecular flexibility index (Phi) is 5.70. The van der Waals surface area contributed by atoms with Crippen molar-refractivity contribution in [2.24, 2.45) is 4.99 Å². The number of amidine groups is 1. The second-order valence-corrected chi connectivity index (χ2v) is 5.77. The number of nitrogens with zero attached hydrogens (tertiary/aromatic N) is 1. The molecule has 1 amide bonds. The van der Waals surface area contributed by atoms with E-state index in [1.54, 1.807) is 13.0 Å². The van der Waals surface area contributed by atoms with Gasteiger partial charge in [-0.1, -0.05) is 42.1 Å². The molecule has 1 atom stereocenters. The second kappa shape index (κ2) is 7.73. The average Bonchev–Trinajstić information content (AvgIpc) is 2.85. The molecule has 0 aliphatic carbocycles. The molecule has 1 aromatic carbocycles. The number of carbonyl (C=O) groups excluding carboxylic acids is 3. The Bertz CT molecular complexity index is 683. The molecule has 0 saturated heterocycles. The van der Waals surface area contributed by atoms with Crippen LogP contribution in [-0.4, -0.2) is 34.7 Å². The summed E-state index contributed by atoms with van der Waals surface area (Å²) < 4.78 is 4.86. The van der Waals surface area contributed by atoms with Crippen LogP contribution in [0, 0.1) is 0 Å². The highest BCUT2D eigenvalue weighted by atomic mass is 32.2. The van der Waals surface area contributed by atoms with Crippen molar-refractivity contribution in [1.29, 1.82) is 0 Å². The average molecular weight is 332 g/mol. The SMILES string of the molecule is CCOC(=O)C(SC1=N/C(=C\c2ccccc2)C(=O)N1)C(C)=O. The van der Waals surface area contributed by atoms with Gasteiger partial charge in [0.05, 0.1) is 6.61 Å². The number of thioether (sulfide) groups is 1. The van der Waals surface area contributed by atoms with Gasteiger partial charge in [-0.2, -0.15) is 0 Å². The fraction of sp³-hybridized carbons (Fsp3) is 0.250. The molecule has 0 fully saturated rings. The van der Waals surface area contributed by atoms with E-state index in [1.807, 2.05) is 30.3 Å². The molecule has 0 saturated carbocycles. The van der Waals surface area contributed by atoms with E-state index >= 15 is 0 Å². The highest BCUT2D eigenvalue weighted by molar-refractivity contribution is 8.15. The number of nitrogens with one attached hydrogen (secondary N) is 1. The fourth-order valence-corrected chi connectivity index (χ4v) is 2.69. The van der Waals surface area contributed by atoms with Crippen LogP contribution in [0.1, 0.15) is 19.4 Å². The van der Waals surface area contributed by atoms with Crippen LogP contribution in [-0.2, 0) is 19.1 Å². The number of carbonyl (C=O) groups is 3. The van der Waals surface area contributed by atoms with E-state index in [0.29, 0.717) is 0 Å². The summed E-state index contributed by atoms with van der Waals surface area (Å²) >= 11 is 0.880. The quantitative estimate of drug-likeness (QED) is 0.504. The molecule has 1 N–H and O–H groups in total. The van der Waals surface area contributed by atoms with Gasteiger partial charge in [0, 0.05) is 0 Å². The fourth-order valence-electron chi connectivity index (χ4n) is 1.84. The van der Waals surface area contributed by atoms with Gasteiger partial charge in [0.1, 0.15) is 5.70 Å². The Hall–Kier alpha value is -2.41. The molecule has 7 heteroatoms. The van der Waals surface area contributed by atoms with Crippen molar-refractivity contribution in [2.45, 2.75) is 19.1 Å². The van der Waals surface area contributed by atoms with Gasteiger partial charge in [0.15, 0.2) is 16.2 Å². The summed E-state index contributed by atoms with van der Waals surface area (Å²) in [5.74, 6) is -1.36. The third-order valence-electron chi connectivity index (χ3n) is 2.88. The molecule has 2 rings (SSSR count). The molecule has 120 valence electrons. The van der Waals surface area contributed by atoms with Crippen LogP contribution in [0.4, 0.5) is 0 Å². The number of hydrogen-bond donors (Lipinski definition) is 1. The van der Waals surface area contributed by atoms with Gasteiger partial charge in [0.2, 0.25) is 0 Å². The Morgan fingerprint density at radius 1 is 1.35 bits per heavy atom. The molecule has 0 bridgehead atoms. The van der Waals surface area contributed by atoms with Gasteiger partial charge in [-0.05, 0) is 25.5 Å². The van der Waals surface area contributed by atoms with E-state index in [9.17, 15) is 14.4 Å². The van der Waals surface area contributed by atoms with Crippen LogP contribution in [0.2, 0.25) is 0 Å². The van der Waals surface area contributed by atoms with Crippen molar-refractivity contribution in [3.63, 3.8) is 0 Å². The van der Waals surface area contributed by atoms with Gasteiger partial charge in [0.25, 0.3) is 5.91 Å². The number of ketones is 1. The highest BCUT2D eigenvalue weighted by Gasteiger charge is 2.31. The van der Waals surface area contributed by atoms with Crippen LogP contribution < -0.4 is 5.32 Å². The van der Waals surface area contributed by atoms with E-state index < -0.39 is 11.2 Å². The second-order valence-electron chi connectivity index (χ2n) is 4.67. The van der Waals surface area contributed by atoms with Gasteiger partial charge in [-0.25, -0.2) is 4.99 Å². The predicted molar refractivity (Wildman–Crippen MR) is 88.7 cm³/mol. The van der Waals surface area contributed by atoms with Crippen molar-refractivity contribution in [2.75, 3.05) is 6.61 Å². The number of aliphatic imine (C=N–C) groups is 1. The monoisotopic (exact) mass is 332 g/mol. The maximum absolute atomic E-state index is 11.9. The summed E-state index contributed by atoms with van der Waals surface area (Å²) in [4.78, 5) is 39.5. The number of esters is 1. The smallest absolute Gasteiger partial charge is 0.327 e. The van der Waals surface area contributed by atoms with E-state index in [-0.39, 0.29) is 29.2 Å². The largest absolute Gasteiger partial charge is 0.465 e. The first-order chi connectivity index (χ1) is 11.0. The number of rotatable bonds is 5. The summed E-state index contributed by atoms with van der Waals surface area (Å²) in [6.45, 7) is 3.14. The normalized spacial score (nSPS) is 16.7. The lowest BCUT2D eigenvalue weighted by Crippen LogP contribution is -2.32. The topological polar surface area (TPSA) is 84.8 Å². The van der Waals surface area contributed by atoms with E-state index in [1.165, 1.54) is 6.92 Å². The van der Waals surface area contributed by atoms with E-state index in [4.69, 9.17) is 4.74 Å². The number of Topliss-reactive ketones (excluding diaryl/α,β-unsaturated/α-hetero) is 1. The molecule has 1 unspecified atom stereocenters. The Morgan fingerprint density at radius 2 is 2.04 bits per heavy atom. The highest BCUT2D eigenvalue weighted by Crippen LogP contribution is 2.21. The third-order valence-corrected chi connectivity index (χ3v) is 4.05. The van der Waals surface area contributed by atoms with Gasteiger partial charge in [-0.3, -0.25) is 19.7 Å². The Labute approximate surface area is 138 Å². The van der Waals surface area contributed by atoms with Gasteiger partial charge >= 0.3 is 5.97 Å². The zero-order valence-corrected chi connectivity index (χ0v) is 13.6. The zero-order chi connectivity index (χ0) is 16.8. The van der Waals surface area contributed by atoms with Crippen LogP contribution in [0.25, 0.3) is 6.08 Å². The standard InChI is InChI=1S/C16H16N2O4S/c1-3-22-15(21)13(10(2)19)23-16-17-12(14(20)18-16)9-11-7-5-4-6-8-11/h4-9,13H,3H2,1-2H3,(H,17,18,20)/b12-9-. The molecular formula is C16H16N2O4S. The first-order valence-electron chi connectivity index (χ1n) is 7.01. The minimum absolute atomic E-state index is 0.182. The minimum atomic E-state index is -1.04.